The Kier molecular flexibility index (Phi) is 52.7. The van der Waals surface area contributed by atoms with Gasteiger partial charge in [0.15, 0.2) is 25.1 Å². The zero-order chi connectivity index (χ0) is 48.9. The molecule has 0 aliphatic heterocycles. The molecule has 0 aromatic carbocycles. The Morgan fingerprint density at radius 2 is 0.522 bits per heavy atom. The number of hydrogen-bond donors (Lipinski definition) is 0. The summed E-state index contributed by atoms with van der Waals surface area (Å²) in [5, 5.41) is 0. The van der Waals surface area contributed by atoms with Crippen LogP contribution in [0.5, 0.6) is 0 Å². The van der Waals surface area contributed by atoms with Crippen molar-refractivity contribution in [1.82, 2.24) is 0 Å². The predicted octanol–water partition coefficient (Wildman–Crippen LogP) is 19.9. The van der Waals surface area contributed by atoms with Crippen LogP contribution in [0.2, 0.25) is 0 Å². The molecule has 0 fully saturated rings. The quantitative estimate of drug-likeness (QED) is 0.0342. The number of rotatable bonds is 56. The van der Waals surface area contributed by atoms with Gasteiger partial charge in [-0.2, -0.15) is 0 Å². The fourth-order valence-electron chi connectivity index (χ4n) is 8.51. The van der Waals surface area contributed by atoms with Gasteiger partial charge in [-0.3, -0.25) is 0 Å². The van der Waals surface area contributed by atoms with E-state index >= 15 is 0 Å². The first-order valence-corrected chi connectivity index (χ1v) is 29.9. The Morgan fingerprint density at radius 3 is 0.821 bits per heavy atom. The van der Waals surface area contributed by atoms with Crippen LogP contribution in [-0.2, 0) is 33.2 Å². The molecule has 0 rings (SSSR count). The van der Waals surface area contributed by atoms with E-state index in [1.807, 2.05) is 0 Å². The van der Waals surface area contributed by atoms with Gasteiger partial charge in [0, 0.05) is 12.8 Å². The van der Waals surface area contributed by atoms with Crippen LogP contribution in [0.3, 0.4) is 0 Å². The molecule has 0 N–H and O–H groups in total. The van der Waals surface area contributed by atoms with Crippen molar-refractivity contribution < 1.29 is 33.2 Å². The molecule has 0 saturated carbocycles. The highest BCUT2D eigenvalue weighted by Gasteiger charge is 2.25. The van der Waals surface area contributed by atoms with Gasteiger partial charge in [-0.05, 0) is 51.4 Å². The normalized spacial score (nSPS) is 13.4. The van der Waals surface area contributed by atoms with Crippen molar-refractivity contribution in [3.8, 4) is 0 Å². The molecule has 2 atom stereocenters. The largest absolute Gasteiger partial charge is 0.494 e. The SMILES string of the molecule is CCCCCCCCCCC(OCCCC)=C(OCCCC)C(CCCCCCCC)OCOCOC(CCCCCCCC)C(OCCCC)=C(CCCCCCCCCC)OCCCC. The van der Waals surface area contributed by atoms with Crippen molar-refractivity contribution >= 4 is 0 Å². The van der Waals surface area contributed by atoms with Crippen LogP contribution >= 0.6 is 0 Å². The van der Waals surface area contributed by atoms with E-state index in [1.54, 1.807) is 0 Å². The first kappa shape index (κ1) is 65.6. The van der Waals surface area contributed by atoms with Gasteiger partial charge >= 0.3 is 0 Å². The fraction of sp³-hybridized carbons (Fsp3) is 0.933. The molecule has 0 aromatic heterocycles. The van der Waals surface area contributed by atoms with E-state index in [1.165, 1.54) is 154 Å². The van der Waals surface area contributed by atoms with Gasteiger partial charge in [-0.15, -0.1) is 0 Å². The summed E-state index contributed by atoms with van der Waals surface area (Å²) in [4.78, 5) is 0. The summed E-state index contributed by atoms with van der Waals surface area (Å²) >= 11 is 0. The molecule has 0 aliphatic rings. The van der Waals surface area contributed by atoms with Crippen LogP contribution in [0.1, 0.15) is 312 Å². The topological polar surface area (TPSA) is 64.6 Å². The van der Waals surface area contributed by atoms with E-state index in [4.69, 9.17) is 33.2 Å². The summed E-state index contributed by atoms with van der Waals surface area (Å²) in [6, 6.07) is 0. The summed E-state index contributed by atoms with van der Waals surface area (Å²) in [6.45, 7) is 21.2. The van der Waals surface area contributed by atoms with Gasteiger partial charge in [0.2, 0.25) is 0 Å². The molecule has 0 radical (unpaired) electrons. The monoisotopic (exact) mass is 951 g/mol. The molecule has 7 heteroatoms. The molecule has 0 saturated heterocycles. The second-order valence-electron chi connectivity index (χ2n) is 19.7. The zero-order valence-corrected chi connectivity index (χ0v) is 46.5. The van der Waals surface area contributed by atoms with Gasteiger partial charge in [0.25, 0.3) is 0 Å². The number of ether oxygens (including phenoxy) is 7. The molecular weight excluding hydrogens is 833 g/mol. The fourth-order valence-corrected chi connectivity index (χ4v) is 8.51. The third-order valence-corrected chi connectivity index (χ3v) is 13.1. The van der Waals surface area contributed by atoms with Gasteiger partial charge in [0.05, 0.1) is 26.4 Å². The maximum atomic E-state index is 6.78. The summed E-state index contributed by atoms with van der Waals surface area (Å²) < 4.78 is 46.7. The third kappa shape index (κ3) is 40.9. The molecular formula is C60H118O7. The molecule has 400 valence electrons. The minimum atomic E-state index is -0.217. The Hall–Kier alpha value is -1.44. The van der Waals surface area contributed by atoms with E-state index in [9.17, 15) is 0 Å². The molecule has 0 spiro atoms. The molecule has 0 aromatic rings. The van der Waals surface area contributed by atoms with Crippen LogP contribution in [-0.4, -0.2) is 52.2 Å². The number of allylic oxidation sites excluding steroid dienone is 2. The van der Waals surface area contributed by atoms with Crippen LogP contribution in [0.4, 0.5) is 0 Å². The van der Waals surface area contributed by atoms with Gasteiger partial charge in [0.1, 0.15) is 23.7 Å². The van der Waals surface area contributed by atoms with Gasteiger partial charge in [-0.25, -0.2) is 0 Å². The van der Waals surface area contributed by atoms with E-state index in [2.05, 4.69) is 55.4 Å². The molecule has 0 aliphatic carbocycles. The highest BCUT2D eigenvalue weighted by Crippen LogP contribution is 2.28. The number of unbranched alkanes of at least 4 members (excludes halogenated alkanes) is 28. The summed E-state index contributed by atoms with van der Waals surface area (Å²) in [5.41, 5.74) is 0. The van der Waals surface area contributed by atoms with E-state index in [0.29, 0.717) is 13.2 Å². The molecule has 0 heterocycles. The van der Waals surface area contributed by atoms with Crippen LogP contribution in [0, 0.1) is 0 Å². The Bertz CT molecular complexity index is 963. The van der Waals surface area contributed by atoms with Gasteiger partial charge in [-0.1, -0.05) is 248 Å². The molecule has 7 nitrogen and oxygen atoms in total. The highest BCUT2D eigenvalue weighted by atomic mass is 16.7. The van der Waals surface area contributed by atoms with Crippen molar-refractivity contribution in [2.75, 3.05) is 40.0 Å². The average molecular weight is 952 g/mol. The first-order chi connectivity index (χ1) is 33.1. The van der Waals surface area contributed by atoms with Crippen molar-refractivity contribution in [3.05, 3.63) is 23.0 Å². The summed E-state index contributed by atoms with van der Waals surface area (Å²) in [5.74, 6) is 3.84. The van der Waals surface area contributed by atoms with Crippen molar-refractivity contribution in [2.45, 2.75) is 324 Å². The van der Waals surface area contributed by atoms with E-state index in [-0.39, 0.29) is 25.8 Å². The highest BCUT2D eigenvalue weighted by molar-refractivity contribution is 5.09. The van der Waals surface area contributed by atoms with E-state index in [0.717, 1.165) is 139 Å². The lowest BCUT2D eigenvalue weighted by Gasteiger charge is -2.26. The number of hydrogen-bond acceptors (Lipinski definition) is 7. The minimum Gasteiger partial charge on any atom is -0.494 e. The summed E-state index contributed by atoms with van der Waals surface area (Å²) in [7, 11) is 0. The lowest BCUT2D eigenvalue weighted by atomic mass is 10.0. The average Bonchev–Trinajstić information content (AvgIpc) is 3.33. The molecule has 67 heavy (non-hydrogen) atoms. The van der Waals surface area contributed by atoms with Crippen molar-refractivity contribution in [2.24, 2.45) is 0 Å². The Balaban J connectivity index is 6.48. The smallest absolute Gasteiger partial charge is 0.162 e. The maximum absolute atomic E-state index is 6.78. The Morgan fingerprint density at radius 1 is 0.269 bits per heavy atom. The summed E-state index contributed by atoms with van der Waals surface area (Å²) in [6.07, 6.45) is 47.1. The second kappa shape index (κ2) is 53.9. The predicted molar refractivity (Wildman–Crippen MR) is 288 cm³/mol. The Labute approximate surface area is 419 Å². The minimum absolute atomic E-state index is 0.138. The van der Waals surface area contributed by atoms with Crippen LogP contribution in [0.15, 0.2) is 23.0 Å². The molecule has 2 unspecified atom stereocenters. The van der Waals surface area contributed by atoms with Crippen molar-refractivity contribution in [1.29, 1.82) is 0 Å². The maximum Gasteiger partial charge on any atom is 0.162 e. The van der Waals surface area contributed by atoms with Crippen molar-refractivity contribution in [3.63, 3.8) is 0 Å². The lowest BCUT2D eigenvalue weighted by molar-refractivity contribution is -0.167. The second-order valence-corrected chi connectivity index (χ2v) is 19.7. The van der Waals surface area contributed by atoms with E-state index < -0.39 is 0 Å². The van der Waals surface area contributed by atoms with Crippen LogP contribution in [0.25, 0.3) is 0 Å². The first-order valence-electron chi connectivity index (χ1n) is 29.9. The lowest BCUT2D eigenvalue weighted by Crippen LogP contribution is -2.25. The van der Waals surface area contributed by atoms with Gasteiger partial charge < -0.3 is 33.2 Å². The third-order valence-electron chi connectivity index (χ3n) is 13.1. The zero-order valence-electron chi connectivity index (χ0n) is 46.5. The van der Waals surface area contributed by atoms with Crippen LogP contribution < -0.4 is 0 Å². The molecule has 0 amide bonds. The molecule has 0 bridgehead atoms. The standard InChI is InChI=1S/C60H118O7/c1-9-17-25-29-33-35-39-41-45-55(62-49-21-13-5)59(64-51-23-15-7)57(47-43-37-31-27-19-11-3)66-53-61-54-67-58(48-44-38-32-28-20-12-4)60(65-52-24-16-8)56(63-50-22-14-6)46-42-40-36-34-30-26-18-10-2/h57-58H,9-54H2,1-8H3.